The van der Waals surface area contributed by atoms with Crippen LogP contribution in [0.15, 0.2) is 41.3 Å². The summed E-state index contributed by atoms with van der Waals surface area (Å²) in [5.74, 6) is -0.200. The summed E-state index contributed by atoms with van der Waals surface area (Å²) in [6, 6.07) is 8.94. The normalized spacial score (nSPS) is 23.1. The zero-order chi connectivity index (χ0) is 17.2. The largest absolute Gasteiger partial charge is 0.374 e. The number of nitrogens with zero attached hydrogens (tertiary/aromatic N) is 2. The van der Waals surface area contributed by atoms with E-state index in [1.54, 1.807) is 18.3 Å². The van der Waals surface area contributed by atoms with E-state index in [2.05, 4.69) is 9.97 Å². The quantitative estimate of drug-likeness (QED) is 0.910. The number of hydrogen-bond acceptors (Lipinski definition) is 4. The molecule has 0 unspecified atom stereocenters. The molecule has 25 heavy (non-hydrogen) atoms. The number of carbonyl (C=O) groups is 1. The number of ether oxygens (including phenoxy) is 1. The lowest BCUT2D eigenvalue weighted by Gasteiger charge is -2.43. The second-order valence-corrected chi connectivity index (χ2v) is 6.59. The molecule has 6 heteroatoms. The highest BCUT2D eigenvalue weighted by Crippen LogP contribution is 2.29. The smallest absolute Gasteiger partial charge is 0.261 e. The van der Waals surface area contributed by atoms with Crippen molar-refractivity contribution >= 4 is 5.91 Å². The first-order valence-electron chi connectivity index (χ1n) is 8.81. The number of aromatic nitrogens is 2. The van der Waals surface area contributed by atoms with Crippen LogP contribution in [-0.2, 0) is 4.74 Å². The van der Waals surface area contributed by atoms with Crippen LogP contribution in [0, 0.1) is 0 Å². The Morgan fingerprint density at radius 3 is 2.88 bits per heavy atom. The van der Waals surface area contributed by atoms with Gasteiger partial charge in [-0.1, -0.05) is 18.9 Å². The van der Waals surface area contributed by atoms with Crippen LogP contribution >= 0.6 is 0 Å². The second-order valence-electron chi connectivity index (χ2n) is 6.59. The van der Waals surface area contributed by atoms with E-state index < -0.39 is 0 Å². The lowest BCUT2D eigenvalue weighted by Crippen LogP contribution is -2.55. The van der Waals surface area contributed by atoms with E-state index in [4.69, 9.17) is 4.74 Å². The number of pyridine rings is 2. The highest BCUT2D eigenvalue weighted by atomic mass is 16.5. The lowest BCUT2D eigenvalue weighted by molar-refractivity contribution is -0.0753. The Kier molecular flexibility index (Phi) is 4.36. The van der Waals surface area contributed by atoms with Crippen LogP contribution in [0.2, 0.25) is 0 Å². The van der Waals surface area contributed by atoms with Crippen LogP contribution in [0.1, 0.15) is 36.0 Å². The molecule has 6 nitrogen and oxygen atoms in total. The molecule has 0 spiro atoms. The molecule has 0 radical (unpaired) electrons. The van der Waals surface area contributed by atoms with Crippen LogP contribution in [-0.4, -0.2) is 46.1 Å². The Hall–Kier alpha value is -2.47. The number of fused-ring (bicyclic) bond motifs is 1. The Morgan fingerprint density at radius 2 is 2.08 bits per heavy atom. The molecule has 0 bridgehead atoms. The maximum Gasteiger partial charge on any atom is 0.261 e. The van der Waals surface area contributed by atoms with Crippen molar-refractivity contribution < 1.29 is 9.53 Å². The molecule has 4 rings (SSSR count). The molecule has 1 amide bonds. The highest BCUT2D eigenvalue weighted by Gasteiger charge is 2.37. The van der Waals surface area contributed by atoms with Crippen molar-refractivity contribution in [2.24, 2.45) is 0 Å². The van der Waals surface area contributed by atoms with Crippen LogP contribution in [0.5, 0.6) is 0 Å². The Morgan fingerprint density at radius 1 is 1.20 bits per heavy atom. The standard InChI is InChI=1S/C19H21N3O3/c23-18-13(8-9-15(21-18)14-5-3-4-10-20-14)19(24)22-11-12-25-17-7-2-1-6-16(17)22/h3-5,8-10,16-17H,1-2,6-7,11-12H2,(H,21,23)/t16-,17-/m0/s1. The molecule has 2 aromatic rings. The number of nitrogens with one attached hydrogen (secondary N) is 1. The molecule has 3 heterocycles. The number of hydrogen-bond donors (Lipinski definition) is 1. The molecule has 2 aromatic heterocycles. The Bertz CT molecular complexity index is 816. The first-order valence-corrected chi connectivity index (χ1v) is 8.81. The molecule has 1 saturated carbocycles. The van der Waals surface area contributed by atoms with Crippen LogP contribution in [0.25, 0.3) is 11.4 Å². The van der Waals surface area contributed by atoms with Crippen LogP contribution in [0.3, 0.4) is 0 Å². The number of morpholine rings is 1. The van der Waals surface area contributed by atoms with Crippen LogP contribution in [0.4, 0.5) is 0 Å². The average Bonchev–Trinajstić information content (AvgIpc) is 2.67. The lowest BCUT2D eigenvalue weighted by atomic mass is 9.90. The summed E-state index contributed by atoms with van der Waals surface area (Å²) in [5.41, 5.74) is 1.11. The molecule has 1 aliphatic carbocycles. The molecule has 2 aliphatic rings. The van der Waals surface area contributed by atoms with E-state index >= 15 is 0 Å². The van der Waals surface area contributed by atoms with E-state index in [1.807, 2.05) is 23.1 Å². The zero-order valence-electron chi connectivity index (χ0n) is 14.0. The number of aromatic amines is 1. The third-order valence-corrected chi connectivity index (χ3v) is 5.07. The van der Waals surface area contributed by atoms with Crippen molar-refractivity contribution in [3.8, 4) is 11.4 Å². The van der Waals surface area contributed by atoms with Crippen molar-refractivity contribution in [3.63, 3.8) is 0 Å². The summed E-state index contributed by atoms with van der Waals surface area (Å²) in [5, 5.41) is 0. The van der Waals surface area contributed by atoms with Gasteiger partial charge in [0, 0.05) is 12.7 Å². The van der Waals surface area contributed by atoms with Gasteiger partial charge in [-0.3, -0.25) is 14.6 Å². The van der Waals surface area contributed by atoms with Gasteiger partial charge in [-0.15, -0.1) is 0 Å². The molecule has 1 N–H and O–H groups in total. The van der Waals surface area contributed by atoms with E-state index in [0.717, 1.165) is 25.7 Å². The van der Waals surface area contributed by atoms with E-state index in [1.165, 1.54) is 0 Å². The topological polar surface area (TPSA) is 75.3 Å². The molecular formula is C19H21N3O3. The fourth-order valence-corrected chi connectivity index (χ4v) is 3.82. The van der Waals surface area contributed by atoms with Crippen molar-refractivity contribution in [3.05, 3.63) is 52.4 Å². The third-order valence-electron chi connectivity index (χ3n) is 5.07. The molecule has 1 saturated heterocycles. The van der Waals surface area contributed by atoms with Gasteiger partial charge in [0.15, 0.2) is 0 Å². The minimum absolute atomic E-state index is 0.0878. The maximum atomic E-state index is 13.0. The van der Waals surface area contributed by atoms with Crippen molar-refractivity contribution in [2.75, 3.05) is 13.2 Å². The SMILES string of the molecule is O=C(c1ccc(-c2ccccn2)[nH]c1=O)N1CCO[C@H]2CCCC[C@@H]21. The van der Waals surface area contributed by atoms with Crippen molar-refractivity contribution in [1.29, 1.82) is 0 Å². The van der Waals surface area contributed by atoms with Gasteiger partial charge >= 0.3 is 0 Å². The van der Waals surface area contributed by atoms with E-state index in [9.17, 15) is 9.59 Å². The average molecular weight is 339 g/mol. The Balaban J connectivity index is 1.61. The highest BCUT2D eigenvalue weighted by molar-refractivity contribution is 5.94. The van der Waals surface area contributed by atoms with Gasteiger partial charge in [-0.25, -0.2) is 0 Å². The summed E-state index contributed by atoms with van der Waals surface area (Å²) in [4.78, 5) is 34.3. The third kappa shape index (κ3) is 3.09. The summed E-state index contributed by atoms with van der Waals surface area (Å²) >= 11 is 0. The van der Waals surface area contributed by atoms with Gasteiger partial charge in [0.05, 0.1) is 30.1 Å². The minimum Gasteiger partial charge on any atom is -0.374 e. The van der Waals surface area contributed by atoms with Gasteiger partial charge in [0.1, 0.15) is 5.56 Å². The molecular weight excluding hydrogens is 318 g/mol. The number of H-pyrrole nitrogens is 1. The minimum atomic E-state index is -0.369. The number of amides is 1. The van der Waals surface area contributed by atoms with Gasteiger partial charge in [-0.2, -0.15) is 0 Å². The van der Waals surface area contributed by atoms with Crippen molar-refractivity contribution in [1.82, 2.24) is 14.9 Å². The van der Waals surface area contributed by atoms with Crippen molar-refractivity contribution in [2.45, 2.75) is 37.8 Å². The predicted octanol–water partition coefficient (Wildman–Crippen LogP) is 2.22. The molecule has 130 valence electrons. The summed E-state index contributed by atoms with van der Waals surface area (Å²) in [6.45, 7) is 1.08. The van der Waals surface area contributed by atoms with Gasteiger partial charge in [0.2, 0.25) is 0 Å². The van der Waals surface area contributed by atoms with Gasteiger partial charge in [0.25, 0.3) is 11.5 Å². The van der Waals surface area contributed by atoms with E-state index in [0.29, 0.717) is 24.5 Å². The van der Waals surface area contributed by atoms with Crippen LogP contribution < -0.4 is 5.56 Å². The molecule has 0 aromatic carbocycles. The Labute approximate surface area is 145 Å². The molecule has 2 atom stereocenters. The number of rotatable bonds is 2. The van der Waals surface area contributed by atoms with Gasteiger partial charge < -0.3 is 14.6 Å². The summed E-state index contributed by atoms with van der Waals surface area (Å²) in [7, 11) is 0. The summed E-state index contributed by atoms with van der Waals surface area (Å²) in [6.07, 6.45) is 5.96. The monoisotopic (exact) mass is 339 g/mol. The zero-order valence-corrected chi connectivity index (χ0v) is 14.0. The predicted molar refractivity (Wildman–Crippen MR) is 93.3 cm³/mol. The van der Waals surface area contributed by atoms with Gasteiger partial charge in [-0.05, 0) is 37.1 Å². The summed E-state index contributed by atoms with van der Waals surface area (Å²) < 4.78 is 5.82. The maximum absolute atomic E-state index is 13.0. The fraction of sp³-hybridized carbons (Fsp3) is 0.421. The van der Waals surface area contributed by atoms with E-state index in [-0.39, 0.29) is 29.2 Å². The first-order chi connectivity index (χ1) is 12.2. The molecule has 2 fully saturated rings. The number of carbonyl (C=O) groups excluding carboxylic acids is 1. The first kappa shape index (κ1) is 16.0. The second kappa shape index (κ2) is 6.80. The fourth-order valence-electron chi connectivity index (χ4n) is 3.82. The molecule has 1 aliphatic heterocycles.